The van der Waals surface area contributed by atoms with Gasteiger partial charge in [-0.1, -0.05) is 42.5 Å². The molecule has 0 aliphatic heterocycles. The first-order chi connectivity index (χ1) is 11.3. The SMILES string of the molecule is CCOc1cccc(-c2n[nH]c(=S)n2/N=C\c2ccccc2)c1. The van der Waals surface area contributed by atoms with Gasteiger partial charge in [0.05, 0.1) is 12.8 Å². The van der Waals surface area contributed by atoms with Crippen molar-refractivity contribution in [1.82, 2.24) is 14.9 Å². The monoisotopic (exact) mass is 324 g/mol. The van der Waals surface area contributed by atoms with Crippen LogP contribution in [-0.2, 0) is 0 Å². The number of ether oxygens (including phenoxy) is 1. The fourth-order valence-corrected chi connectivity index (χ4v) is 2.32. The van der Waals surface area contributed by atoms with Gasteiger partial charge < -0.3 is 4.74 Å². The van der Waals surface area contributed by atoms with Crippen molar-refractivity contribution in [3.05, 3.63) is 64.9 Å². The van der Waals surface area contributed by atoms with E-state index in [-0.39, 0.29) is 0 Å². The molecule has 0 bridgehead atoms. The second-order valence-corrected chi connectivity index (χ2v) is 5.17. The van der Waals surface area contributed by atoms with Gasteiger partial charge in [0.25, 0.3) is 0 Å². The fraction of sp³-hybridized carbons (Fsp3) is 0.118. The summed E-state index contributed by atoms with van der Waals surface area (Å²) in [5.74, 6) is 1.43. The maximum absolute atomic E-state index is 5.53. The maximum atomic E-state index is 5.53. The fourth-order valence-electron chi connectivity index (χ4n) is 2.14. The van der Waals surface area contributed by atoms with Crippen molar-refractivity contribution in [3.63, 3.8) is 0 Å². The Bertz CT molecular complexity index is 868. The number of H-pyrrole nitrogens is 1. The molecule has 2 aromatic carbocycles. The summed E-state index contributed by atoms with van der Waals surface area (Å²) in [6.45, 7) is 2.56. The lowest BCUT2D eigenvalue weighted by Gasteiger charge is -2.05. The van der Waals surface area contributed by atoms with Crippen LogP contribution in [0.3, 0.4) is 0 Å². The number of aromatic amines is 1. The molecule has 5 nitrogen and oxygen atoms in total. The number of rotatable bonds is 5. The van der Waals surface area contributed by atoms with E-state index in [2.05, 4.69) is 15.3 Å². The molecule has 0 aliphatic rings. The number of hydrogen-bond donors (Lipinski definition) is 1. The van der Waals surface area contributed by atoms with Gasteiger partial charge in [-0.05, 0) is 36.8 Å². The van der Waals surface area contributed by atoms with Gasteiger partial charge in [-0.3, -0.25) is 0 Å². The summed E-state index contributed by atoms with van der Waals surface area (Å²) in [5.41, 5.74) is 1.87. The Hall–Kier alpha value is -2.73. The molecule has 1 heterocycles. The van der Waals surface area contributed by atoms with Gasteiger partial charge in [0.2, 0.25) is 4.77 Å². The van der Waals surface area contributed by atoms with E-state index in [1.54, 1.807) is 10.9 Å². The Balaban J connectivity index is 1.97. The van der Waals surface area contributed by atoms with Gasteiger partial charge in [-0.2, -0.15) is 14.9 Å². The van der Waals surface area contributed by atoms with Crippen LogP contribution < -0.4 is 4.74 Å². The molecule has 3 aromatic rings. The molecule has 0 unspecified atom stereocenters. The van der Waals surface area contributed by atoms with E-state index >= 15 is 0 Å². The van der Waals surface area contributed by atoms with Crippen LogP contribution in [0.2, 0.25) is 0 Å². The lowest BCUT2D eigenvalue weighted by molar-refractivity contribution is 0.340. The standard InChI is InChI=1S/C17H16N4OS/c1-2-22-15-10-6-9-14(11-15)16-19-20-17(23)21(16)18-12-13-7-4-3-5-8-13/h3-12H,2H2,1H3,(H,20,23)/b18-12-. The summed E-state index contributed by atoms with van der Waals surface area (Å²) < 4.78 is 7.58. The third-order valence-corrected chi connectivity index (χ3v) is 3.44. The third-order valence-electron chi connectivity index (χ3n) is 3.18. The van der Waals surface area contributed by atoms with E-state index in [4.69, 9.17) is 17.0 Å². The van der Waals surface area contributed by atoms with E-state index in [1.807, 2.05) is 61.5 Å². The van der Waals surface area contributed by atoms with Crippen molar-refractivity contribution >= 4 is 18.4 Å². The van der Waals surface area contributed by atoms with Crippen LogP contribution >= 0.6 is 12.2 Å². The zero-order valence-corrected chi connectivity index (χ0v) is 13.5. The molecule has 0 radical (unpaired) electrons. The van der Waals surface area contributed by atoms with Gasteiger partial charge in [0, 0.05) is 5.56 Å². The van der Waals surface area contributed by atoms with Gasteiger partial charge in [-0.15, -0.1) is 0 Å². The Kier molecular flexibility index (Phi) is 4.63. The van der Waals surface area contributed by atoms with Crippen LogP contribution in [-0.4, -0.2) is 27.7 Å². The number of nitrogens with one attached hydrogen (secondary N) is 1. The molecule has 3 rings (SSSR count). The average molecular weight is 324 g/mol. The van der Waals surface area contributed by atoms with Gasteiger partial charge in [0.1, 0.15) is 5.75 Å². The number of benzene rings is 2. The zero-order chi connectivity index (χ0) is 16.1. The van der Waals surface area contributed by atoms with E-state index in [1.165, 1.54) is 0 Å². The molecule has 116 valence electrons. The zero-order valence-electron chi connectivity index (χ0n) is 12.6. The first kappa shape index (κ1) is 15.2. The highest BCUT2D eigenvalue weighted by atomic mass is 32.1. The minimum Gasteiger partial charge on any atom is -0.494 e. The number of aromatic nitrogens is 3. The molecule has 0 fully saturated rings. The maximum Gasteiger partial charge on any atom is 0.216 e. The van der Waals surface area contributed by atoms with E-state index < -0.39 is 0 Å². The minimum absolute atomic E-state index is 0.439. The smallest absolute Gasteiger partial charge is 0.216 e. The van der Waals surface area contributed by atoms with Crippen LogP contribution in [0.25, 0.3) is 11.4 Å². The highest BCUT2D eigenvalue weighted by molar-refractivity contribution is 7.71. The van der Waals surface area contributed by atoms with Crippen molar-refractivity contribution in [1.29, 1.82) is 0 Å². The number of nitrogens with zero attached hydrogens (tertiary/aromatic N) is 3. The molecular formula is C17H16N4OS. The summed E-state index contributed by atoms with van der Waals surface area (Å²) >= 11 is 5.27. The van der Waals surface area contributed by atoms with E-state index in [0.717, 1.165) is 16.9 Å². The predicted molar refractivity (Wildman–Crippen MR) is 93.5 cm³/mol. The molecule has 0 aliphatic carbocycles. The quantitative estimate of drug-likeness (QED) is 0.572. The van der Waals surface area contributed by atoms with Crippen LogP contribution in [0.4, 0.5) is 0 Å². The van der Waals surface area contributed by atoms with Crippen molar-refractivity contribution in [2.75, 3.05) is 6.61 Å². The van der Waals surface area contributed by atoms with Crippen molar-refractivity contribution < 1.29 is 4.74 Å². The van der Waals surface area contributed by atoms with Crippen LogP contribution in [0.5, 0.6) is 5.75 Å². The van der Waals surface area contributed by atoms with Gasteiger partial charge in [0.15, 0.2) is 5.82 Å². The molecule has 0 saturated heterocycles. The second-order valence-electron chi connectivity index (χ2n) is 4.78. The normalized spacial score (nSPS) is 11.0. The number of hydrogen-bond acceptors (Lipinski definition) is 4. The Morgan fingerprint density at radius 2 is 2.04 bits per heavy atom. The van der Waals surface area contributed by atoms with Crippen LogP contribution in [0.15, 0.2) is 59.7 Å². The molecule has 0 saturated carbocycles. The molecule has 6 heteroatoms. The van der Waals surface area contributed by atoms with Crippen molar-refractivity contribution in [2.24, 2.45) is 5.10 Å². The molecule has 23 heavy (non-hydrogen) atoms. The summed E-state index contributed by atoms with van der Waals surface area (Å²) in [4.78, 5) is 0. The van der Waals surface area contributed by atoms with Crippen molar-refractivity contribution in [2.45, 2.75) is 6.92 Å². The molecule has 0 amide bonds. The molecule has 1 aromatic heterocycles. The first-order valence-electron chi connectivity index (χ1n) is 7.28. The third kappa shape index (κ3) is 3.54. The predicted octanol–water partition coefficient (Wildman–Crippen LogP) is 3.89. The van der Waals surface area contributed by atoms with E-state index in [0.29, 0.717) is 17.2 Å². The largest absolute Gasteiger partial charge is 0.494 e. The highest BCUT2D eigenvalue weighted by Gasteiger charge is 2.09. The first-order valence-corrected chi connectivity index (χ1v) is 7.69. The highest BCUT2D eigenvalue weighted by Crippen LogP contribution is 2.22. The van der Waals surface area contributed by atoms with Crippen LogP contribution in [0, 0.1) is 4.77 Å². The Morgan fingerprint density at radius 3 is 2.83 bits per heavy atom. The summed E-state index contributed by atoms with van der Waals surface area (Å²) in [6.07, 6.45) is 1.75. The molecule has 1 N–H and O–H groups in total. The van der Waals surface area contributed by atoms with E-state index in [9.17, 15) is 0 Å². The Morgan fingerprint density at radius 1 is 1.22 bits per heavy atom. The minimum atomic E-state index is 0.439. The topological polar surface area (TPSA) is 55.2 Å². The van der Waals surface area contributed by atoms with Gasteiger partial charge >= 0.3 is 0 Å². The van der Waals surface area contributed by atoms with Crippen LogP contribution in [0.1, 0.15) is 12.5 Å². The summed E-state index contributed by atoms with van der Waals surface area (Å²) in [7, 11) is 0. The molecular weight excluding hydrogens is 308 g/mol. The molecule has 0 spiro atoms. The summed E-state index contributed by atoms with van der Waals surface area (Å²) in [6, 6.07) is 17.5. The van der Waals surface area contributed by atoms with Gasteiger partial charge in [-0.25, -0.2) is 5.10 Å². The second kappa shape index (κ2) is 7.02. The lowest BCUT2D eigenvalue weighted by atomic mass is 10.2. The molecule has 0 atom stereocenters. The average Bonchev–Trinajstić information content (AvgIpc) is 2.95. The van der Waals surface area contributed by atoms with Crippen molar-refractivity contribution in [3.8, 4) is 17.1 Å². The summed E-state index contributed by atoms with van der Waals surface area (Å²) in [5, 5.41) is 11.5. The lowest BCUT2D eigenvalue weighted by Crippen LogP contribution is -1.96. The Labute approximate surface area is 139 Å².